The number of carbonyl (C=O) groups is 1. The summed E-state index contributed by atoms with van der Waals surface area (Å²) < 4.78 is 5.64. The molecule has 0 heterocycles. The molecule has 2 aromatic rings. The van der Waals surface area contributed by atoms with Crippen LogP contribution in [0.4, 0.5) is 0 Å². The van der Waals surface area contributed by atoms with Gasteiger partial charge in [-0.3, -0.25) is 4.79 Å². The van der Waals surface area contributed by atoms with Crippen molar-refractivity contribution in [2.24, 2.45) is 5.73 Å². The maximum absolute atomic E-state index is 11.5. The zero-order chi connectivity index (χ0) is 14.4. The van der Waals surface area contributed by atoms with Crippen LogP contribution in [-0.2, 0) is 11.2 Å². The van der Waals surface area contributed by atoms with Crippen molar-refractivity contribution in [3.63, 3.8) is 0 Å². The number of nitrogens with one attached hydrogen (secondary N) is 1. The number of hydrogen-bond donors (Lipinski definition) is 2. The summed E-state index contributed by atoms with van der Waals surface area (Å²) in [5.74, 6) is 0.625. The minimum absolute atomic E-state index is 0.0315. The average Bonchev–Trinajstić information content (AvgIpc) is 2.47. The van der Waals surface area contributed by atoms with Crippen LogP contribution in [0.15, 0.2) is 36.4 Å². The number of fused-ring (bicyclic) bond motifs is 1. The van der Waals surface area contributed by atoms with Gasteiger partial charge in [0, 0.05) is 12.1 Å². The SMILES string of the molecule is CCNC(=O)COc1ccc2ccccc2c1CCN. The van der Waals surface area contributed by atoms with Crippen molar-refractivity contribution in [2.75, 3.05) is 19.7 Å². The summed E-state index contributed by atoms with van der Waals surface area (Å²) in [4.78, 5) is 11.5. The van der Waals surface area contributed by atoms with Crippen LogP contribution in [0.5, 0.6) is 5.75 Å². The van der Waals surface area contributed by atoms with Crippen LogP contribution in [0.2, 0.25) is 0 Å². The van der Waals surface area contributed by atoms with Gasteiger partial charge in [-0.05, 0) is 36.7 Å². The molecule has 0 atom stereocenters. The fraction of sp³-hybridized carbons (Fsp3) is 0.312. The second-order valence-corrected chi connectivity index (χ2v) is 4.54. The molecule has 0 saturated carbocycles. The van der Waals surface area contributed by atoms with Gasteiger partial charge in [0.25, 0.3) is 5.91 Å². The predicted octanol–water partition coefficient (Wildman–Crippen LogP) is 1.86. The van der Waals surface area contributed by atoms with E-state index in [2.05, 4.69) is 17.4 Å². The first-order valence-electron chi connectivity index (χ1n) is 6.86. The highest BCUT2D eigenvalue weighted by atomic mass is 16.5. The fourth-order valence-electron chi connectivity index (χ4n) is 2.24. The molecule has 3 N–H and O–H groups in total. The van der Waals surface area contributed by atoms with Gasteiger partial charge in [-0.25, -0.2) is 0 Å². The Morgan fingerprint density at radius 3 is 2.80 bits per heavy atom. The minimum Gasteiger partial charge on any atom is -0.483 e. The Kier molecular flexibility index (Phi) is 4.96. The second kappa shape index (κ2) is 6.91. The van der Waals surface area contributed by atoms with Crippen LogP contribution in [0.3, 0.4) is 0 Å². The van der Waals surface area contributed by atoms with E-state index in [1.807, 2.05) is 31.2 Å². The highest BCUT2D eigenvalue weighted by Gasteiger charge is 2.09. The number of benzene rings is 2. The Balaban J connectivity index is 2.27. The van der Waals surface area contributed by atoms with Gasteiger partial charge in [0.15, 0.2) is 6.61 Å². The number of ether oxygens (including phenoxy) is 1. The molecule has 4 nitrogen and oxygen atoms in total. The molecule has 0 aromatic heterocycles. The first kappa shape index (κ1) is 14.3. The summed E-state index contributed by atoms with van der Waals surface area (Å²) in [5.41, 5.74) is 6.75. The number of carbonyl (C=O) groups excluding carboxylic acids is 1. The number of hydrogen-bond acceptors (Lipinski definition) is 3. The van der Waals surface area contributed by atoms with Gasteiger partial charge in [-0.15, -0.1) is 0 Å². The first-order chi connectivity index (χ1) is 9.76. The molecule has 106 valence electrons. The molecule has 0 spiro atoms. The summed E-state index contributed by atoms with van der Waals surface area (Å²) >= 11 is 0. The van der Waals surface area contributed by atoms with E-state index >= 15 is 0 Å². The molecule has 0 bridgehead atoms. The monoisotopic (exact) mass is 272 g/mol. The third-order valence-electron chi connectivity index (χ3n) is 3.12. The van der Waals surface area contributed by atoms with Gasteiger partial charge < -0.3 is 15.8 Å². The van der Waals surface area contributed by atoms with Crippen LogP contribution in [-0.4, -0.2) is 25.6 Å². The first-order valence-corrected chi connectivity index (χ1v) is 6.86. The summed E-state index contributed by atoms with van der Waals surface area (Å²) in [7, 11) is 0. The van der Waals surface area contributed by atoms with Gasteiger partial charge in [-0.1, -0.05) is 30.3 Å². The summed E-state index contributed by atoms with van der Waals surface area (Å²) in [5, 5.41) is 5.00. The summed E-state index contributed by atoms with van der Waals surface area (Å²) in [6.45, 7) is 3.07. The zero-order valence-electron chi connectivity index (χ0n) is 11.7. The summed E-state index contributed by atoms with van der Waals surface area (Å²) in [6, 6.07) is 12.0. The molecule has 2 rings (SSSR count). The molecule has 0 radical (unpaired) electrons. The van der Waals surface area contributed by atoms with Crippen LogP contribution in [0, 0.1) is 0 Å². The van der Waals surface area contributed by atoms with E-state index in [0.29, 0.717) is 13.1 Å². The van der Waals surface area contributed by atoms with Crippen LogP contribution in [0.1, 0.15) is 12.5 Å². The van der Waals surface area contributed by atoms with E-state index < -0.39 is 0 Å². The smallest absolute Gasteiger partial charge is 0.257 e. The molecular formula is C16H20N2O2. The van der Waals surface area contributed by atoms with Gasteiger partial charge >= 0.3 is 0 Å². The standard InChI is InChI=1S/C16H20N2O2/c1-2-18-16(19)11-20-15-8-7-12-5-3-4-6-13(12)14(15)9-10-17/h3-8H,2,9-11,17H2,1H3,(H,18,19). The Hall–Kier alpha value is -2.07. The van der Waals surface area contributed by atoms with E-state index in [-0.39, 0.29) is 12.5 Å². The third-order valence-corrected chi connectivity index (χ3v) is 3.12. The Morgan fingerprint density at radius 1 is 1.25 bits per heavy atom. The van der Waals surface area contributed by atoms with Crippen molar-refractivity contribution in [2.45, 2.75) is 13.3 Å². The summed E-state index contributed by atoms with van der Waals surface area (Å²) in [6.07, 6.45) is 0.728. The second-order valence-electron chi connectivity index (χ2n) is 4.54. The van der Waals surface area contributed by atoms with E-state index in [1.54, 1.807) is 0 Å². The molecular weight excluding hydrogens is 252 g/mol. The van der Waals surface area contributed by atoms with Crippen molar-refractivity contribution in [3.8, 4) is 5.75 Å². The molecule has 2 aromatic carbocycles. The predicted molar refractivity (Wildman–Crippen MR) is 80.9 cm³/mol. The van der Waals surface area contributed by atoms with E-state index in [4.69, 9.17) is 10.5 Å². The quantitative estimate of drug-likeness (QED) is 0.843. The van der Waals surface area contributed by atoms with Crippen molar-refractivity contribution in [3.05, 3.63) is 42.0 Å². The minimum atomic E-state index is -0.112. The van der Waals surface area contributed by atoms with E-state index in [9.17, 15) is 4.79 Å². The van der Waals surface area contributed by atoms with Crippen LogP contribution in [0.25, 0.3) is 10.8 Å². The van der Waals surface area contributed by atoms with Gasteiger partial charge in [0.05, 0.1) is 0 Å². The van der Waals surface area contributed by atoms with Gasteiger partial charge in [0.1, 0.15) is 5.75 Å². The number of rotatable bonds is 6. The Labute approximate surface area is 118 Å². The van der Waals surface area contributed by atoms with Crippen LogP contribution < -0.4 is 15.8 Å². The highest BCUT2D eigenvalue weighted by Crippen LogP contribution is 2.28. The highest BCUT2D eigenvalue weighted by molar-refractivity contribution is 5.88. The topological polar surface area (TPSA) is 64.3 Å². The van der Waals surface area contributed by atoms with Crippen molar-refractivity contribution >= 4 is 16.7 Å². The molecule has 0 aliphatic rings. The molecule has 0 saturated heterocycles. The van der Waals surface area contributed by atoms with E-state index in [0.717, 1.165) is 28.5 Å². The molecule has 0 unspecified atom stereocenters. The molecule has 4 heteroatoms. The zero-order valence-corrected chi connectivity index (χ0v) is 11.7. The largest absolute Gasteiger partial charge is 0.483 e. The number of likely N-dealkylation sites (N-methyl/N-ethyl adjacent to an activating group) is 1. The van der Waals surface area contributed by atoms with Crippen LogP contribution >= 0.6 is 0 Å². The lowest BCUT2D eigenvalue weighted by Gasteiger charge is -2.13. The average molecular weight is 272 g/mol. The molecule has 0 fully saturated rings. The Morgan fingerprint density at radius 2 is 2.05 bits per heavy atom. The normalized spacial score (nSPS) is 10.5. The lowest BCUT2D eigenvalue weighted by molar-refractivity contribution is -0.122. The van der Waals surface area contributed by atoms with E-state index in [1.165, 1.54) is 0 Å². The molecule has 1 amide bonds. The maximum Gasteiger partial charge on any atom is 0.257 e. The third kappa shape index (κ3) is 3.27. The fourth-order valence-corrected chi connectivity index (χ4v) is 2.24. The lowest BCUT2D eigenvalue weighted by atomic mass is 10.0. The van der Waals surface area contributed by atoms with Crippen molar-refractivity contribution in [1.29, 1.82) is 0 Å². The van der Waals surface area contributed by atoms with Crippen molar-refractivity contribution < 1.29 is 9.53 Å². The molecule has 0 aliphatic carbocycles. The van der Waals surface area contributed by atoms with Gasteiger partial charge in [0.2, 0.25) is 0 Å². The van der Waals surface area contributed by atoms with Gasteiger partial charge in [-0.2, -0.15) is 0 Å². The lowest BCUT2D eigenvalue weighted by Crippen LogP contribution is -2.28. The maximum atomic E-state index is 11.5. The number of amides is 1. The molecule has 0 aliphatic heterocycles. The van der Waals surface area contributed by atoms with Crippen molar-refractivity contribution in [1.82, 2.24) is 5.32 Å². The number of nitrogens with two attached hydrogens (primary N) is 1. The molecule has 20 heavy (non-hydrogen) atoms. The Bertz CT molecular complexity index is 596.